The van der Waals surface area contributed by atoms with E-state index in [9.17, 15) is 23.9 Å². The summed E-state index contributed by atoms with van der Waals surface area (Å²) in [7, 11) is 4.48. The molecule has 3 aromatic rings. The Morgan fingerprint density at radius 2 is 2.00 bits per heavy atom. The van der Waals surface area contributed by atoms with Gasteiger partial charge in [0.2, 0.25) is 0 Å². The fourth-order valence-corrected chi connectivity index (χ4v) is 3.75. The minimum Gasteiger partial charge on any atom is -0.505 e. The van der Waals surface area contributed by atoms with Crippen LogP contribution in [0, 0.1) is 5.82 Å². The lowest BCUT2D eigenvalue weighted by atomic mass is 10.0. The molecule has 1 unspecified atom stereocenters. The second-order valence-corrected chi connectivity index (χ2v) is 7.67. The normalized spacial score (nSPS) is 14.7. The van der Waals surface area contributed by atoms with Crippen molar-refractivity contribution in [2.24, 2.45) is 0 Å². The lowest BCUT2D eigenvalue weighted by Gasteiger charge is -2.30. The fraction of sp³-hybridized carbons (Fsp3) is 0.273. The van der Waals surface area contributed by atoms with Gasteiger partial charge in [0.1, 0.15) is 22.4 Å². The van der Waals surface area contributed by atoms with Crippen LogP contribution in [0.25, 0.3) is 11.0 Å². The van der Waals surface area contributed by atoms with Gasteiger partial charge in [-0.15, -0.1) is 0 Å². The zero-order valence-electron chi connectivity index (χ0n) is 17.7. The number of pyridine rings is 2. The molecule has 0 spiro atoms. The molecule has 2 aromatic heterocycles. The van der Waals surface area contributed by atoms with E-state index >= 15 is 0 Å². The molecule has 0 bridgehead atoms. The number of ether oxygens (including phenoxy) is 1. The van der Waals surface area contributed by atoms with Crippen molar-refractivity contribution in [2.75, 3.05) is 21.1 Å². The van der Waals surface area contributed by atoms with E-state index in [1.165, 1.54) is 34.8 Å². The zero-order valence-corrected chi connectivity index (χ0v) is 17.7. The van der Waals surface area contributed by atoms with Crippen LogP contribution in [0.1, 0.15) is 21.5 Å². The average molecular weight is 440 g/mol. The van der Waals surface area contributed by atoms with Crippen LogP contribution in [-0.2, 0) is 17.8 Å². The molecule has 166 valence electrons. The van der Waals surface area contributed by atoms with Crippen molar-refractivity contribution in [1.82, 2.24) is 19.8 Å². The van der Waals surface area contributed by atoms with E-state index in [1.807, 2.05) is 0 Å². The highest BCUT2D eigenvalue weighted by atomic mass is 19.1. The van der Waals surface area contributed by atoms with E-state index < -0.39 is 28.9 Å². The monoisotopic (exact) mass is 440 g/mol. The molecule has 2 N–H and O–H groups in total. The number of carbonyl (C=O) groups excluding carboxylic acids is 2. The highest BCUT2D eigenvalue weighted by molar-refractivity contribution is 6.02. The van der Waals surface area contributed by atoms with Crippen molar-refractivity contribution in [1.29, 1.82) is 0 Å². The molecular weight excluding hydrogens is 419 g/mol. The smallest absolute Gasteiger partial charge is 0.268 e. The number of amides is 2. The highest BCUT2D eigenvalue weighted by Gasteiger charge is 2.34. The molecule has 10 heteroatoms. The number of aromatic hydroxyl groups is 1. The maximum atomic E-state index is 13.3. The van der Waals surface area contributed by atoms with Crippen molar-refractivity contribution in [3.63, 3.8) is 0 Å². The third kappa shape index (κ3) is 3.43. The summed E-state index contributed by atoms with van der Waals surface area (Å²) in [6.07, 6.45) is 0.717. The number of hydrogen-bond acceptors (Lipinski definition) is 6. The third-order valence-electron chi connectivity index (χ3n) is 5.36. The molecule has 9 nitrogen and oxygen atoms in total. The van der Waals surface area contributed by atoms with Crippen molar-refractivity contribution >= 4 is 22.8 Å². The predicted molar refractivity (Wildman–Crippen MR) is 113 cm³/mol. The number of likely N-dealkylation sites (N-methyl/N-ethyl adjacent to an activating group) is 1. The summed E-state index contributed by atoms with van der Waals surface area (Å²) in [6, 6.07) is 5.87. The standard InChI is InChI=1S/C22H21FN4O5/c1-24-20(29)15-18(28)16-17-19(12(9-25-16)8-11-4-6-13(23)7-5-11)32-14(21(30)26(2)3)10-27(17)22(15)31/h4-7,9,14,28H,8,10H2,1-3H3,(H,24,29). The van der Waals surface area contributed by atoms with E-state index in [1.54, 1.807) is 26.2 Å². The minimum absolute atomic E-state index is 0.0109. The van der Waals surface area contributed by atoms with Gasteiger partial charge >= 0.3 is 0 Å². The molecule has 0 saturated heterocycles. The molecule has 1 aliphatic heterocycles. The van der Waals surface area contributed by atoms with Gasteiger partial charge in [-0.3, -0.25) is 23.9 Å². The first-order chi connectivity index (χ1) is 15.2. The summed E-state index contributed by atoms with van der Waals surface area (Å²) in [5.41, 5.74) is 0.299. The summed E-state index contributed by atoms with van der Waals surface area (Å²) in [5.74, 6) is -1.86. The molecule has 32 heavy (non-hydrogen) atoms. The van der Waals surface area contributed by atoms with Crippen LogP contribution in [0.3, 0.4) is 0 Å². The summed E-state index contributed by atoms with van der Waals surface area (Å²) in [4.78, 5) is 43.8. The summed E-state index contributed by atoms with van der Waals surface area (Å²) in [5, 5.41) is 13.0. The molecule has 1 aliphatic rings. The average Bonchev–Trinajstić information content (AvgIpc) is 2.78. The van der Waals surface area contributed by atoms with Crippen molar-refractivity contribution in [2.45, 2.75) is 19.1 Å². The van der Waals surface area contributed by atoms with Gasteiger partial charge in [0.15, 0.2) is 17.6 Å². The van der Waals surface area contributed by atoms with Gasteiger partial charge < -0.3 is 20.1 Å². The maximum Gasteiger partial charge on any atom is 0.268 e. The Hall–Kier alpha value is -3.95. The van der Waals surface area contributed by atoms with E-state index in [0.717, 1.165) is 5.56 Å². The zero-order chi connectivity index (χ0) is 23.2. The van der Waals surface area contributed by atoms with Crippen molar-refractivity contribution in [3.8, 4) is 11.5 Å². The summed E-state index contributed by atoms with van der Waals surface area (Å²) in [6.45, 7) is -0.148. The Kier molecular flexibility index (Phi) is 5.29. The Balaban J connectivity index is 1.97. The van der Waals surface area contributed by atoms with Crippen LogP contribution in [0.5, 0.6) is 11.5 Å². The van der Waals surface area contributed by atoms with Gasteiger partial charge in [0.25, 0.3) is 17.4 Å². The molecule has 1 aromatic carbocycles. The lowest BCUT2D eigenvalue weighted by molar-refractivity contribution is -0.137. The van der Waals surface area contributed by atoms with Gasteiger partial charge in [-0.1, -0.05) is 12.1 Å². The Morgan fingerprint density at radius 3 is 2.62 bits per heavy atom. The molecular formula is C22H21FN4O5. The number of nitrogens with zero attached hydrogens (tertiary/aromatic N) is 3. The first kappa shape index (κ1) is 21.3. The Bertz CT molecular complexity index is 1300. The molecule has 0 saturated carbocycles. The SMILES string of the molecule is CNC(=O)c1c(O)c2ncc(Cc3ccc(F)cc3)c3c2n(c1=O)CC(C(=O)N(C)C)O3. The highest BCUT2D eigenvalue weighted by Crippen LogP contribution is 2.37. The van der Waals surface area contributed by atoms with Gasteiger partial charge in [0, 0.05) is 39.3 Å². The van der Waals surface area contributed by atoms with Crippen molar-refractivity contribution < 1.29 is 23.8 Å². The van der Waals surface area contributed by atoms with Crippen LogP contribution in [0.15, 0.2) is 35.3 Å². The number of aromatic nitrogens is 2. The molecule has 0 aliphatic carbocycles. The number of rotatable bonds is 4. The van der Waals surface area contributed by atoms with Gasteiger partial charge in [-0.25, -0.2) is 4.39 Å². The minimum atomic E-state index is -1.02. The first-order valence-electron chi connectivity index (χ1n) is 9.84. The fourth-order valence-electron chi connectivity index (χ4n) is 3.75. The predicted octanol–water partition coefficient (Wildman–Crippen LogP) is 1.04. The van der Waals surface area contributed by atoms with Gasteiger partial charge in [0.05, 0.1) is 6.54 Å². The molecule has 0 fully saturated rings. The maximum absolute atomic E-state index is 13.3. The number of nitrogens with one attached hydrogen (secondary N) is 1. The van der Waals surface area contributed by atoms with Gasteiger partial charge in [-0.2, -0.15) is 0 Å². The second-order valence-electron chi connectivity index (χ2n) is 7.67. The third-order valence-corrected chi connectivity index (χ3v) is 5.36. The van der Waals surface area contributed by atoms with Gasteiger partial charge in [-0.05, 0) is 17.7 Å². The van der Waals surface area contributed by atoms with E-state index in [4.69, 9.17) is 4.74 Å². The topological polar surface area (TPSA) is 114 Å². The first-order valence-corrected chi connectivity index (χ1v) is 9.84. The number of hydrogen-bond donors (Lipinski definition) is 2. The van der Waals surface area contributed by atoms with Crippen LogP contribution in [-0.4, -0.2) is 58.6 Å². The Labute approximate surface area is 182 Å². The largest absolute Gasteiger partial charge is 0.505 e. The van der Waals surface area contributed by atoms with E-state index in [2.05, 4.69) is 10.3 Å². The van der Waals surface area contributed by atoms with Crippen LogP contribution >= 0.6 is 0 Å². The summed E-state index contributed by atoms with van der Waals surface area (Å²) < 4.78 is 20.6. The molecule has 3 heterocycles. The number of halogens is 1. The molecule has 1 atom stereocenters. The molecule has 0 radical (unpaired) electrons. The van der Waals surface area contributed by atoms with Crippen LogP contribution in [0.4, 0.5) is 4.39 Å². The number of benzene rings is 1. The molecule has 4 rings (SSSR count). The van der Waals surface area contributed by atoms with E-state index in [0.29, 0.717) is 5.56 Å². The van der Waals surface area contributed by atoms with Crippen LogP contribution in [0.2, 0.25) is 0 Å². The quantitative estimate of drug-likeness (QED) is 0.627. The second kappa shape index (κ2) is 7.95. The van der Waals surface area contributed by atoms with Crippen LogP contribution < -0.4 is 15.6 Å². The number of carbonyl (C=O) groups is 2. The Morgan fingerprint density at radius 1 is 1.31 bits per heavy atom. The van der Waals surface area contributed by atoms with Crippen molar-refractivity contribution in [3.05, 3.63) is 63.3 Å². The summed E-state index contributed by atoms with van der Waals surface area (Å²) >= 11 is 0. The molecule has 2 amide bonds. The van der Waals surface area contributed by atoms with E-state index in [-0.39, 0.29) is 41.5 Å². The lowest BCUT2D eigenvalue weighted by Crippen LogP contribution is -2.46.